The number of carbonyl (C=O) groups is 4. The van der Waals surface area contributed by atoms with Gasteiger partial charge in [-0.15, -0.1) is 0 Å². The average molecular weight is 543 g/mol. The minimum Gasteiger partial charge on any atom is -0.760 e. The van der Waals surface area contributed by atoms with Crippen molar-refractivity contribution in [3.8, 4) is 0 Å². The second kappa shape index (κ2) is 12.1. The summed E-state index contributed by atoms with van der Waals surface area (Å²) in [5, 5.41) is 0. The molecule has 0 bridgehead atoms. The Kier molecular flexibility index (Phi) is 9.80. The van der Waals surface area contributed by atoms with Gasteiger partial charge >= 0.3 is 0 Å². The highest BCUT2D eigenvalue weighted by Crippen LogP contribution is 2.23. The lowest BCUT2D eigenvalue weighted by atomic mass is 10.1. The van der Waals surface area contributed by atoms with Crippen molar-refractivity contribution < 1.29 is 36.4 Å². The van der Waals surface area contributed by atoms with Gasteiger partial charge in [0.1, 0.15) is 0 Å². The van der Waals surface area contributed by atoms with Crippen molar-refractivity contribution in [3.05, 3.63) is 70.8 Å². The molecule has 2 heterocycles. The van der Waals surface area contributed by atoms with Gasteiger partial charge in [-0.3, -0.25) is 37.9 Å². The Morgan fingerprint density at radius 3 is 1.40 bits per heavy atom. The van der Waals surface area contributed by atoms with Crippen LogP contribution < -0.4 is 4.72 Å². The predicted molar refractivity (Wildman–Crippen MR) is 127 cm³/mol. The van der Waals surface area contributed by atoms with E-state index in [1.54, 1.807) is 43.3 Å². The molecule has 0 radical (unpaired) electrons. The number of fused-ring (bicyclic) bond motifs is 2. The first-order valence-electron chi connectivity index (χ1n) is 10.0. The summed E-state index contributed by atoms with van der Waals surface area (Å²) in [6, 6.07) is 13.3. The van der Waals surface area contributed by atoms with E-state index in [2.05, 4.69) is 0 Å². The maximum atomic E-state index is 11.8. The van der Waals surface area contributed by atoms with Crippen LogP contribution in [0.3, 0.4) is 0 Å². The Labute approximate surface area is 208 Å². The fourth-order valence-electron chi connectivity index (χ4n) is 3.17. The molecule has 0 aromatic heterocycles. The number of halogens is 1. The molecule has 2 aliphatic rings. The summed E-state index contributed by atoms with van der Waals surface area (Å²) >= 11 is -2.07. The summed E-state index contributed by atoms with van der Waals surface area (Å²) in [7, 11) is 2.66. The first-order valence-corrected chi connectivity index (χ1v) is 13.6. The van der Waals surface area contributed by atoms with Crippen LogP contribution in [0.1, 0.15) is 48.4 Å². The number of hydrogen-bond donors (Lipinski definition) is 1. The van der Waals surface area contributed by atoms with Gasteiger partial charge in [0.2, 0.25) is 9.05 Å². The zero-order chi connectivity index (χ0) is 26.3. The van der Waals surface area contributed by atoms with Crippen molar-refractivity contribution in [2.45, 2.75) is 6.92 Å². The van der Waals surface area contributed by atoms with Gasteiger partial charge in [0, 0.05) is 35.0 Å². The Hall–Kier alpha value is -2.97. The van der Waals surface area contributed by atoms with E-state index in [4.69, 9.17) is 10.7 Å². The van der Waals surface area contributed by atoms with Crippen molar-refractivity contribution in [2.75, 3.05) is 25.9 Å². The Morgan fingerprint density at radius 2 is 1.14 bits per heavy atom. The number of carbonyl (C=O) groups excluding carboxylic acids is 4. The van der Waals surface area contributed by atoms with Gasteiger partial charge in [-0.1, -0.05) is 24.3 Å². The number of hydrogen-bond acceptors (Lipinski definition) is 8. The second-order valence-electron chi connectivity index (χ2n) is 6.89. The third kappa shape index (κ3) is 7.02. The molecule has 2 aromatic carbocycles. The van der Waals surface area contributed by atoms with E-state index in [0.29, 0.717) is 28.8 Å². The van der Waals surface area contributed by atoms with Crippen LogP contribution >= 0.6 is 10.7 Å². The van der Waals surface area contributed by atoms with Crippen LogP contribution in [0.4, 0.5) is 0 Å². The highest BCUT2D eigenvalue weighted by Gasteiger charge is 2.35. The van der Waals surface area contributed by atoms with E-state index >= 15 is 0 Å². The van der Waals surface area contributed by atoms with E-state index in [-0.39, 0.29) is 18.4 Å². The monoisotopic (exact) mass is 542 g/mol. The molecule has 0 aliphatic carbocycles. The van der Waals surface area contributed by atoms with Gasteiger partial charge in [-0.05, 0) is 38.2 Å². The van der Waals surface area contributed by atoms with Crippen LogP contribution in [0.2, 0.25) is 0 Å². The fraction of sp³-hybridized carbons (Fsp3) is 0.238. The molecule has 14 heteroatoms. The zero-order valence-corrected chi connectivity index (χ0v) is 21.0. The Balaban J connectivity index is 0.000000212. The molecule has 2 aliphatic heterocycles. The summed E-state index contributed by atoms with van der Waals surface area (Å²) in [6.07, 6.45) is 0. The van der Waals surface area contributed by atoms with Gasteiger partial charge in [-0.25, -0.2) is 8.42 Å². The quantitative estimate of drug-likeness (QED) is 0.334. The van der Waals surface area contributed by atoms with Gasteiger partial charge in [0.15, 0.2) is 0 Å². The molecule has 35 heavy (non-hydrogen) atoms. The van der Waals surface area contributed by atoms with Crippen LogP contribution in [0, 0.1) is 0 Å². The molecule has 2 aromatic rings. The minimum absolute atomic E-state index is 0.178. The summed E-state index contributed by atoms with van der Waals surface area (Å²) in [5.41, 5.74) is 1.64. The lowest BCUT2D eigenvalue weighted by Crippen LogP contribution is -2.33. The van der Waals surface area contributed by atoms with Gasteiger partial charge in [0.05, 0.1) is 28.0 Å². The maximum Gasteiger partial charge on any atom is 0.261 e. The molecule has 0 saturated heterocycles. The van der Waals surface area contributed by atoms with E-state index in [1.165, 1.54) is 24.1 Å². The van der Waals surface area contributed by atoms with Crippen LogP contribution in [-0.4, -0.2) is 76.5 Å². The largest absolute Gasteiger partial charge is 0.760 e. The van der Waals surface area contributed by atoms with Gasteiger partial charge in [-0.2, -0.15) is 0 Å². The summed E-state index contributed by atoms with van der Waals surface area (Å²) < 4.78 is 42.0. The number of amides is 4. The van der Waals surface area contributed by atoms with Crippen LogP contribution in [-0.2, 0) is 20.3 Å². The number of imide groups is 2. The van der Waals surface area contributed by atoms with Crippen molar-refractivity contribution in [1.82, 2.24) is 14.5 Å². The highest BCUT2D eigenvalue weighted by molar-refractivity contribution is 8.13. The molecule has 0 fully saturated rings. The molecule has 0 spiro atoms. The Bertz CT molecular complexity index is 1210. The van der Waals surface area contributed by atoms with E-state index < -0.39 is 37.9 Å². The summed E-state index contributed by atoms with van der Waals surface area (Å²) in [4.78, 5) is 48.8. The number of benzene rings is 2. The lowest BCUT2D eigenvalue weighted by molar-refractivity contribution is 0.0647. The first kappa shape index (κ1) is 28.3. The molecular weight excluding hydrogens is 522 g/mol. The molecule has 0 saturated carbocycles. The fourth-order valence-corrected chi connectivity index (χ4v) is 3.78. The lowest BCUT2D eigenvalue weighted by Gasteiger charge is -2.11. The van der Waals surface area contributed by atoms with Crippen molar-refractivity contribution in [2.24, 2.45) is 0 Å². The summed E-state index contributed by atoms with van der Waals surface area (Å²) in [6.45, 7) is 2.01. The number of rotatable bonds is 5. The smallest absolute Gasteiger partial charge is 0.261 e. The van der Waals surface area contributed by atoms with E-state index in [0.717, 1.165) is 4.90 Å². The molecular formula is C21H21ClN3O8S2-. The normalized spacial score (nSPS) is 15.1. The molecule has 1 unspecified atom stereocenters. The third-order valence-corrected chi connectivity index (χ3v) is 6.26. The van der Waals surface area contributed by atoms with Crippen LogP contribution in [0.25, 0.3) is 0 Å². The van der Waals surface area contributed by atoms with E-state index in [1.807, 2.05) is 4.72 Å². The second-order valence-corrected chi connectivity index (χ2v) is 10.7. The topological polar surface area (TPSA) is 161 Å². The maximum absolute atomic E-state index is 11.8. The van der Waals surface area contributed by atoms with Crippen LogP contribution in [0.5, 0.6) is 0 Å². The first-order chi connectivity index (χ1) is 16.4. The minimum atomic E-state index is -3.72. The average Bonchev–Trinajstić information content (AvgIpc) is 3.22. The number of nitrogens with one attached hydrogen (secondary N) is 1. The zero-order valence-electron chi connectivity index (χ0n) is 18.6. The highest BCUT2D eigenvalue weighted by atomic mass is 35.7. The Morgan fingerprint density at radius 1 is 0.829 bits per heavy atom. The molecule has 1 N–H and O–H groups in total. The third-order valence-electron chi connectivity index (χ3n) is 4.80. The van der Waals surface area contributed by atoms with Gasteiger partial charge < -0.3 is 4.55 Å². The molecule has 188 valence electrons. The molecule has 4 amide bonds. The number of nitrogens with zero attached hydrogens (tertiary/aromatic N) is 2. The molecule has 1 atom stereocenters. The van der Waals surface area contributed by atoms with Gasteiger partial charge in [0.25, 0.3) is 23.6 Å². The summed E-state index contributed by atoms with van der Waals surface area (Å²) in [5.74, 6) is -1.76. The van der Waals surface area contributed by atoms with E-state index in [9.17, 15) is 36.4 Å². The SMILES string of the molecule is CCN1C(=O)c2ccccc2C1=O.CNS(=O)[O-].O=C1c2ccccc2C(=O)N1CCS(=O)(=O)Cl. The van der Waals surface area contributed by atoms with Crippen molar-refractivity contribution in [3.63, 3.8) is 0 Å². The molecule has 4 rings (SSSR count). The standard InChI is InChI=1S/C10H8ClNO4S.C10H9NO2.CH5NO2S/c11-17(15,16)6-5-12-9(13)7-3-1-2-4-8(7)10(12)14;1-2-11-9(12)7-5-3-4-6-8(7)10(11)13;1-2-5(3)4/h1-4H,5-6H2;3-6H,2H2,1H3;2H,1H3,(H,3,4)/p-1. The van der Waals surface area contributed by atoms with Crippen LogP contribution in [0.15, 0.2) is 48.5 Å². The van der Waals surface area contributed by atoms with Crippen molar-refractivity contribution in [1.29, 1.82) is 0 Å². The van der Waals surface area contributed by atoms with Crippen molar-refractivity contribution >= 4 is 54.6 Å². The predicted octanol–water partition coefficient (Wildman–Crippen LogP) is 1.15. The molecule has 11 nitrogen and oxygen atoms in total.